The molecule has 9 nitrogen and oxygen atoms in total. The van der Waals surface area contributed by atoms with E-state index in [9.17, 15) is 22.8 Å². The fraction of sp³-hybridized carbons (Fsp3) is 0.235. The molecule has 0 spiro atoms. The van der Waals surface area contributed by atoms with E-state index in [1.54, 1.807) is 24.3 Å². The molecule has 0 bridgehead atoms. The molecule has 10 heteroatoms. The van der Waals surface area contributed by atoms with E-state index in [0.29, 0.717) is 11.4 Å². The topological polar surface area (TPSA) is 109 Å². The smallest absolute Gasteiger partial charge is 0.251 e. The Morgan fingerprint density at radius 2 is 1.85 bits per heavy atom. The largest absolute Gasteiger partial charge is 0.323 e. The van der Waals surface area contributed by atoms with Crippen LogP contribution in [0.4, 0.5) is 11.4 Å². The minimum Gasteiger partial charge on any atom is -0.323 e. The number of nitrogens with one attached hydrogen (secondary N) is 1. The van der Waals surface area contributed by atoms with Gasteiger partial charge in [0.2, 0.25) is 21.8 Å². The van der Waals surface area contributed by atoms with Gasteiger partial charge in [-0.15, -0.1) is 0 Å². The highest BCUT2D eigenvalue weighted by Gasteiger charge is 2.27. The number of hydrogen-bond donors (Lipinski definition) is 1. The summed E-state index contributed by atoms with van der Waals surface area (Å²) in [6.45, 7) is -0.572. The van der Waals surface area contributed by atoms with E-state index in [2.05, 4.69) is 5.32 Å². The van der Waals surface area contributed by atoms with Gasteiger partial charge in [-0.05, 0) is 18.2 Å². The van der Waals surface area contributed by atoms with Gasteiger partial charge in [0, 0.05) is 26.4 Å². The molecule has 1 aliphatic heterocycles. The van der Waals surface area contributed by atoms with Crippen molar-refractivity contribution in [3.8, 4) is 0 Å². The van der Waals surface area contributed by atoms with Crippen molar-refractivity contribution in [2.24, 2.45) is 0 Å². The third-order valence-corrected chi connectivity index (χ3v) is 5.91. The quantitative estimate of drug-likeness (QED) is 0.796. The molecule has 1 N–H and O–H groups in total. The lowest BCUT2D eigenvalue weighted by Gasteiger charge is -2.29. The Hall–Kier alpha value is -2.98. The van der Waals surface area contributed by atoms with E-state index in [1.165, 1.54) is 25.1 Å². The number of benzene rings is 1. The van der Waals surface area contributed by atoms with E-state index < -0.39 is 28.0 Å². The summed E-state index contributed by atoms with van der Waals surface area (Å²) in [4.78, 5) is 37.9. The minimum absolute atomic E-state index is 0.100. The van der Waals surface area contributed by atoms with Gasteiger partial charge in [0.15, 0.2) is 0 Å². The number of hydrogen-bond acceptors (Lipinski definition) is 5. The van der Waals surface area contributed by atoms with Crippen LogP contribution in [0.5, 0.6) is 0 Å². The molecule has 27 heavy (non-hydrogen) atoms. The van der Waals surface area contributed by atoms with Crippen molar-refractivity contribution in [3.05, 3.63) is 52.9 Å². The van der Waals surface area contributed by atoms with Crippen molar-refractivity contribution in [1.82, 2.24) is 8.87 Å². The molecule has 0 saturated carbocycles. The van der Waals surface area contributed by atoms with Gasteiger partial charge >= 0.3 is 0 Å². The van der Waals surface area contributed by atoms with Gasteiger partial charge in [-0.2, -0.15) is 0 Å². The SMILES string of the molecule is CN(C)S(=O)(=O)c1ccc(=O)n(CC(=O)N2CC(=O)Nc3ccccc32)c1. The number of amides is 2. The normalized spacial score (nSPS) is 14.0. The van der Waals surface area contributed by atoms with Gasteiger partial charge in [0.25, 0.3) is 5.56 Å². The fourth-order valence-electron chi connectivity index (χ4n) is 2.68. The van der Waals surface area contributed by atoms with Crippen LogP contribution in [-0.2, 0) is 26.2 Å². The van der Waals surface area contributed by atoms with E-state index in [-0.39, 0.29) is 17.3 Å². The lowest BCUT2D eigenvalue weighted by molar-refractivity contribution is -0.122. The first-order valence-electron chi connectivity index (χ1n) is 8.02. The van der Waals surface area contributed by atoms with Gasteiger partial charge in [-0.3, -0.25) is 19.3 Å². The number of rotatable bonds is 4. The molecule has 2 amide bonds. The molecular weight excluding hydrogens is 372 g/mol. The van der Waals surface area contributed by atoms with Crippen LogP contribution in [0.15, 0.2) is 52.3 Å². The second-order valence-electron chi connectivity index (χ2n) is 6.16. The molecule has 0 atom stereocenters. The van der Waals surface area contributed by atoms with Crippen molar-refractivity contribution in [2.75, 3.05) is 30.9 Å². The summed E-state index contributed by atoms with van der Waals surface area (Å²) in [5.41, 5.74) is 0.501. The van der Waals surface area contributed by atoms with Crippen LogP contribution in [0.2, 0.25) is 0 Å². The Morgan fingerprint density at radius 3 is 2.56 bits per heavy atom. The third kappa shape index (κ3) is 3.62. The van der Waals surface area contributed by atoms with Crippen molar-refractivity contribution in [1.29, 1.82) is 0 Å². The lowest BCUT2D eigenvalue weighted by Crippen LogP contribution is -2.44. The molecule has 0 fully saturated rings. The Morgan fingerprint density at radius 1 is 1.15 bits per heavy atom. The van der Waals surface area contributed by atoms with E-state index in [0.717, 1.165) is 21.1 Å². The summed E-state index contributed by atoms with van der Waals surface area (Å²) < 4.78 is 26.5. The van der Waals surface area contributed by atoms with Crippen LogP contribution in [0.1, 0.15) is 0 Å². The van der Waals surface area contributed by atoms with E-state index >= 15 is 0 Å². The van der Waals surface area contributed by atoms with Crippen LogP contribution >= 0.6 is 0 Å². The Labute approximate surface area is 155 Å². The van der Waals surface area contributed by atoms with E-state index in [1.807, 2.05) is 0 Å². The average Bonchev–Trinajstić information content (AvgIpc) is 2.62. The molecule has 2 heterocycles. The number of carbonyl (C=O) groups excluding carboxylic acids is 2. The maximum Gasteiger partial charge on any atom is 0.251 e. The molecule has 142 valence electrons. The summed E-state index contributed by atoms with van der Waals surface area (Å²) >= 11 is 0. The number of anilines is 2. The number of nitrogens with zero attached hydrogens (tertiary/aromatic N) is 3. The molecular formula is C17H18N4O5S. The maximum absolute atomic E-state index is 12.7. The Bertz CT molecular complexity index is 1070. The second kappa shape index (κ2) is 6.97. The zero-order valence-corrected chi connectivity index (χ0v) is 15.6. The minimum atomic E-state index is -3.75. The number of carbonyl (C=O) groups is 2. The van der Waals surface area contributed by atoms with Crippen LogP contribution in [0.25, 0.3) is 0 Å². The van der Waals surface area contributed by atoms with Crippen molar-refractivity contribution < 1.29 is 18.0 Å². The number of aromatic nitrogens is 1. The number of pyridine rings is 1. The highest BCUT2D eigenvalue weighted by atomic mass is 32.2. The van der Waals surface area contributed by atoms with Gasteiger partial charge in [0.05, 0.1) is 16.3 Å². The zero-order valence-electron chi connectivity index (χ0n) is 14.7. The summed E-state index contributed by atoms with van der Waals surface area (Å²) in [6, 6.07) is 9.11. The van der Waals surface area contributed by atoms with Crippen LogP contribution < -0.4 is 15.8 Å². The van der Waals surface area contributed by atoms with Gasteiger partial charge in [-0.25, -0.2) is 12.7 Å². The molecule has 0 unspecified atom stereocenters. The van der Waals surface area contributed by atoms with E-state index in [4.69, 9.17) is 0 Å². The van der Waals surface area contributed by atoms with Gasteiger partial charge in [-0.1, -0.05) is 12.1 Å². The monoisotopic (exact) mass is 390 g/mol. The van der Waals surface area contributed by atoms with Gasteiger partial charge in [0.1, 0.15) is 13.1 Å². The second-order valence-corrected chi connectivity index (χ2v) is 8.32. The lowest BCUT2D eigenvalue weighted by atomic mass is 10.2. The van der Waals surface area contributed by atoms with Crippen LogP contribution in [0.3, 0.4) is 0 Å². The predicted molar refractivity (Wildman–Crippen MR) is 99.0 cm³/mol. The van der Waals surface area contributed by atoms with Crippen molar-refractivity contribution in [3.63, 3.8) is 0 Å². The number of para-hydroxylation sites is 2. The predicted octanol–water partition coefficient (Wildman–Crippen LogP) is 0.0839. The van der Waals surface area contributed by atoms with Crippen LogP contribution in [0, 0.1) is 0 Å². The number of fused-ring (bicyclic) bond motifs is 1. The molecule has 1 aromatic heterocycles. The van der Waals surface area contributed by atoms with Crippen molar-refractivity contribution in [2.45, 2.75) is 11.4 Å². The first-order chi connectivity index (χ1) is 12.7. The Kier molecular flexibility index (Phi) is 4.85. The Balaban J connectivity index is 1.93. The zero-order chi connectivity index (χ0) is 19.8. The molecule has 0 aliphatic carbocycles. The molecule has 0 saturated heterocycles. The first-order valence-corrected chi connectivity index (χ1v) is 9.46. The molecule has 2 aromatic rings. The standard InChI is InChI=1S/C17H18N4O5S/c1-19(2)27(25,26)12-7-8-16(23)20(9-12)11-17(24)21-10-15(22)18-13-5-3-4-6-14(13)21/h3-9H,10-11H2,1-2H3,(H,18,22). The van der Waals surface area contributed by atoms with Gasteiger partial charge < -0.3 is 9.88 Å². The van der Waals surface area contributed by atoms with Crippen LogP contribution in [-0.4, -0.2) is 49.7 Å². The van der Waals surface area contributed by atoms with Crippen molar-refractivity contribution >= 4 is 33.2 Å². The number of sulfonamides is 1. The first kappa shape index (κ1) is 18.8. The summed E-state index contributed by atoms with van der Waals surface area (Å²) in [6.07, 6.45) is 1.13. The average molecular weight is 390 g/mol. The third-order valence-electron chi connectivity index (χ3n) is 4.11. The summed E-state index contributed by atoms with van der Waals surface area (Å²) in [7, 11) is -1.00. The highest BCUT2D eigenvalue weighted by molar-refractivity contribution is 7.89. The molecule has 1 aromatic carbocycles. The summed E-state index contributed by atoms with van der Waals surface area (Å²) in [5, 5.41) is 2.68. The summed E-state index contributed by atoms with van der Waals surface area (Å²) in [5.74, 6) is -0.850. The molecule has 0 radical (unpaired) electrons. The maximum atomic E-state index is 12.7. The molecule has 1 aliphatic rings. The fourth-order valence-corrected chi connectivity index (χ4v) is 3.61. The highest BCUT2D eigenvalue weighted by Crippen LogP contribution is 2.29. The molecule has 3 rings (SSSR count).